The van der Waals surface area contributed by atoms with Gasteiger partial charge in [0.25, 0.3) is 0 Å². The van der Waals surface area contributed by atoms with Gasteiger partial charge in [-0.05, 0) is 31.2 Å². The molecule has 1 heterocycles. The van der Waals surface area contributed by atoms with Crippen LogP contribution in [0.2, 0.25) is 0 Å². The standard InChI is InChI=1S/C9H19NO/c1-9(2,5-6-10)8-4-3-7-11-8/h8H,3-7,10H2,1-2H3. The fourth-order valence-electron chi connectivity index (χ4n) is 1.73. The molecule has 1 aliphatic rings. The minimum atomic E-state index is 0.283. The van der Waals surface area contributed by atoms with Crippen LogP contribution in [-0.2, 0) is 4.74 Å². The first kappa shape index (κ1) is 9.01. The van der Waals surface area contributed by atoms with Crippen molar-refractivity contribution in [3.8, 4) is 0 Å². The molecule has 1 aliphatic heterocycles. The van der Waals surface area contributed by atoms with E-state index >= 15 is 0 Å². The van der Waals surface area contributed by atoms with Crippen molar-refractivity contribution < 1.29 is 4.74 Å². The van der Waals surface area contributed by atoms with Crippen LogP contribution in [-0.4, -0.2) is 19.3 Å². The zero-order valence-electron chi connectivity index (χ0n) is 7.60. The predicted molar refractivity (Wildman–Crippen MR) is 46.4 cm³/mol. The molecule has 1 fully saturated rings. The lowest BCUT2D eigenvalue weighted by atomic mass is 9.82. The van der Waals surface area contributed by atoms with Crippen LogP contribution in [0.5, 0.6) is 0 Å². The highest BCUT2D eigenvalue weighted by atomic mass is 16.5. The summed E-state index contributed by atoms with van der Waals surface area (Å²) >= 11 is 0. The molecule has 0 aliphatic carbocycles. The van der Waals surface area contributed by atoms with Gasteiger partial charge in [-0.2, -0.15) is 0 Å². The summed E-state index contributed by atoms with van der Waals surface area (Å²) in [5.41, 5.74) is 5.81. The Balaban J connectivity index is 2.41. The molecule has 0 aromatic rings. The van der Waals surface area contributed by atoms with Crippen molar-refractivity contribution in [1.29, 1.82) is 0 Å². The van der Waals surface area contributed by atoms with Crippen LogP contribution in [0.15, 0.2) is 0 Å². The SMILES string of the molecule is CC(C)(CCN)C1CCCO1. The lowest BCUT2D eigenvalue weighted by Gasteiger charge is -2.30. The average Bonchev–Trinajstić information content (AvgIpc) is 2.37. The van der Waals surface area contributed by atoms with Crippen LogP contribution >= 0.6 is 0 Å². The second kappa shape index (κ2) is 3.55. The maximum Gasteiger partial charge on any atom is 0.0627 e. The van der Waals surface area contributed by atoms with Crippen LogP contribution in [0.1, 0.15) is 33.1 Å². The van der Waals surface area contributed by atoms with Gasteiger partial charge in [-0.3, -0.25) is 0 Å². The quantitative estimate of drug-likeness (QED) is 0.674. The van der Waals surface area contributed by atoms with Crippen molar-refractivity contribution in [2.24, 2.45) is 11.1 Å². The first-order valence-electron chi connectivity index (χ1n) is 4.48. The Labute approximate surface area is 69.1 Å². The van der Waals surface area contributed by atoms with Gasteiger partial charge >= 0.3 is 0 Å². The highest BCUT2D eigenvalue weighted by Gasteiger charge is 2.31. The summed E-state index contributed by atoms with van der Waals surface area (Å²) in [6.07, 6.45) is 3.95. The smallest absolute Gasteiger partial charge is 0.0627 e. The molecule has 0 aromatic carbocycles. The van der Waals surface area contributed by atoms with E-state index < -0.39 is 0 Å². The zero-order chi connectivity index (χ0) is 8.32. The average molecular weight is 157 g/mol. The molecule has 1 saturated heterocycles. The molecule has 2 heteroatoms. The summed E-state index contributed by atoms with van der Waals surface area (Å²) in [7, 11) is 0. The molecule has 0 radical (unpaired) electrons. The molecule has 0 aromatic heterocycles. The van der Waals surface area contributed by atoms with Crippen molar-refractivity contribution in [2.75, 3.05) is 13.2 Å². The molecule has 1 unspecified atom stereocenters. The van der Waals surface area contributed by atoms with Gasteiger partial charge in [0.15, 0.2) is 0 Å². The lowest BCUT2D eigenvalue weighted by molar-refractivity contribution is 0.0157. The van der Waals surface area contributed by atoms with Gasteiger partial charge in [0.1, 0.15) is 0 Å². The normalized spacial score (nSPS) is 25.9. The molecule has 66 valence electrons. The second-order valence-electron chi connectivity index (χ2n) is 4.03. The molecular weight excluding hydrogens is 138 g/mol. The topological polar surface area (TPSA) is 35.2 Å². The van der Waals surface area contributed by atoms with E-state index in [4.69, 9.17) is 10.5 Å². The van der Waals surface area contributed by atoms with Crippen LogP contribution in [0.25, 0.3) is 0 Å². The largest absolute Gasteiger partial charge is 0.378 e. The minimum Gasteiger partial charge on any atom is -0.378 e. The third-order valence-electron chi connectivity index (χ3n) is 2.59. The van der Waals surface area contributed by atoms with Gasteiger partial charge in [-0.25, -0.2) is 0 Å². The molecule has 0 bridgehead atoms. The Kier molecular flexibility index (Phi) is 2.90. The molecule has 1 atom stereocenters. The number of hydrogen-bond acceptors (Lipinski definition) is 2. The zero-order valence-corrected chi connectivity index (χ0v) is 7.60. The van der Waals surface area contributed by atoms with Crippen molar-refractivity contribution in [3.63, 3.8) is 0 Å². The van der Waals surface area contributed by atoms with Gasteiger partial charge in [0.05, 0.1) is 6.10 Å². The summed E-state index contributed by atoms with van der Waals surface area (Å²) in [6.45, 7) is 6.21. The fourth-order valence-corrected chi connectivity index (χ4v) is 1.73. The summed E-state index contributed by atoms with van der Waals surface area (Å²) < 4.78 is 5.61. The number of rotatable bonds is 3. The van der Waals surface area contributed by atoms with Crippen LogP contribution < -0.4 is 5.73 Å². The van der Waals surface area contributed by atoms with Crippen molar-refractivity contribution in [1.82, 2.24) is 0 Å². The molecular formula is C9H19NO. The Morgan fingerprint density at radius 1 is 1.55 bits per heavy atom. The van der Waals surface area contributed by atoms with Gasteiger partial charge in [-0.1, -0.05) is 13.8 Å². The number of ether oxygens (including phenoxy) is 1. The summed E-state index contributed by atoms with van der Waals surface area (Å²) in [5, 5.41) is 0. The molecule has 0 amide bonds. The predicted octanol–water partition coefficient (Wildman–Crippen LogP) is 1.54. The minimum absolute atomic E-state index is 0.283. The van der Waals surface area contributed by atoms with E-state index in [-0.39, 0.29) is 5.41 Å². The third-order valence-corrected chi connectivity index (χ3v) is 2.59. The summed E-state index contributed by atoms with van der Waals surface area (Å²) in [4.78, 5) is 0. The molecule has 0 spiro atoms. The first-order chi connectivity index (χ1) is 5.17. The van der Waals surface area contributed by atoms with Gasteiger partial charge in [0, 0.05) is 6.61 Å². The second-order valence-corrected chi connectivity index (χ2v) is 4.03. The van der Waals surface area contributed by atoms with E-state index in [9.17, 15) is 0 Å². The van der Waals surface area contributed by atoms with E-state index in [2.05, 4.69) is 13.8 Å². The monoisotopic (exact) mass is 157 g/mol. The highest BCUT2D eigenvalue weighted by Crippen LogP contribution is 2.33. The third kappa shape index (κ3) is 2.17. The van der Waals surface area contributed by atoms with Crippen LogP contribution in [0.3, 0.4) is 0 Å². The maximum atomic E-state index is 5.61. The van der Waals surface area contributed by atoms with Crippen LogP contribution in [0.4, 0.5) is 0 Å². The molecule has 2 nitrogen and oxygen atoms in total. The molecule has 0 saturated carbocycles. The van der Waals surface area contributed by atoms with Crippen molar-refractivity contribution >= 4 is 0 Å². The number of nitrogens with two attached hydrogens (primary N) is 1. The van der Waals surface area contributed by atoms with Gasteiger partial charge < -0.3 is 10.5 Å². The maximum absolute atomic E-state index is 5.61. The van der Waals surface area contributed by atoms with Crippen LogP contribution in [0, 0.1) is 5.41 Å². The lowest BCUT2D eigenvalue weighted by Crippen LogP contribution is -2.30. The Morgan fingerprint density at radius 3 is 2.73 bits per heavy atom. The molecule has 1 rings (SSSR count). The summed E-state index contributed by atoms with van der Waals surface area (Å²) in [5.74, 6) is 0. The Morgan fingerprint density at radius 2 is 2.27 bits per heavy atom. The highest BCUT2D eigenvalue weighted by molar-refractivity contribution is 4.82. The van der Waals surface area contributed by atoms with Gasteiger partial charge in [-0.15, -0.1) is 0 Å². The Hall–Kier alpha value is -0.0800. The van der Waals surface area contributed by atoms with Crippen molar-refractivity contribution in [2.45, 2.75) is 39.2 Å². The summed E-state index contributed by atoms with van der Waals surface area (Å²) in [6, 6.07) is 0. The fraction of sp³-hybridized carbons (Fsp3) is 1.00. The van der Waals surface area contributed by atoms with Crippen molar-refractivity contribution in [3.05, 3.63) is 0 Å². The first-order valence-corrected chi connectivity index (χ1v) is 4.48. The van der Waals surface area contributed by atoms with E-state index in [1.165, 1.54) is 12.8 Å². The number of hydrogen-bond donors (Lipinski definition) is 1. The van der Waals surface area contributed by atoms with E-state index in [1.807, 2.05) is 0 Å². The Bertz CT molecular complexity index is 117. The van der Waals surface area contributed by atoms with Gasteiger partial charge in [0.2, 0.25) is 0 Å². The van der Waals surface area contributed by atoms with E-state index in [0.717, 1.165) is 19.6 Å². The molecule has 11 heavy (non-hydrogen) atoms. The van der Waals surface area contributed by atoms with E-state index in [0.29, 0.717) is 6.10 Å². The van der Waals surface area contributed by atoms with E-state index in [1.54, 1.807) is 0 Å². The molecule has 2 N–H and O–H groups in total.